The van der Waals surface area contributed by atoms with Crippen molar-refractivity contribution in [1.82, 2.24) is 0 Å². The minimum Gasteiger partial charge on any atom is -0.460 e. The lowest BCUT2D eigenvalue weighted by Gasteiger charge is -2.45. The Kier molecular flexibility index (Phi) is 2.84. The van der Waals surface area contributed by atoms with E-state index < -0.39 is 5.60 Å². The van der Waals surface area contributed by atoms with Crippen LogP contribution in [0.5, 0.6) is 0 Å². The molecule has 1 aliphatic carbocycles. The van der Waals surface area contributed by atoms with Crippen LogP contribution in [0.2, 0.25) is 0 Å². The first-order chi connectivity index (χ1) is 6.68. The molecule has 15 heavy (non-hydrogen) atoms. The van der Waals surface area contributed by atoms with Crippen LogP contribution in [0.25, 0.3) is 0 Å². The zero-order valence-electron chi connectivity index (χ0n) is 10.3. The monoisotopic (exact) mass is 208 g/mol. The molecule has 0 heterocycles. The number of hydrogen-bond acceptors (Lipinski definition) is 2. The van der Waals surface area contributed by atoms with Crippen LogP contribution in [0.4, 0.5) is 0 Å². The van der Waals surface area contributed by atoms with E-state index in [4.69, 9.17) is 4.74 Å². The van der Waals surface area contributed by atoms with Crippen LogP contribution in [-0.2, 0) is 9.53 Å². The maximum atomic E-state index is 11.8. The smallest absolute Gasteiger partial charge is 0.310 e. The average Bonchev–Trinajstić information content (AvgIpc) is 1.99. The van der Waals surface area contributed by atoms with Gasteiger partial charge in [0.15, 0.2) is 0 Å². The van der Waals surface area contributed by atoms with Crippen molar-refractivity contribution >= 4 is 5.97 Å². The highest BCUT2D eigenvalue weighted by atomic mass is 16.6. The van der Waals surface area contributed by atoms with Crippen molar-refractivity contribution in [3.05, 3.63) is 17.9 Å². The summed E-state index contributed by atoms with van der Waals surface area (Å²) in [6.45, 7) is 13.4. The molecule has 0 saturated heterocycles. The van der Waals surface area contributed by atoms with Crippen molar-refractivity contribution in [2.75, 3.05) is 0 Å². The number of esters is 1. The summed E-state index contributed by atoms with van der Waals surface area (Å²) in [6.07, 6.45) is 0.741. The van der Waals surface area contributed by atoms with Crippen LogP contribution < -0.4 is 0 Å². The quantitative estimate of drug-likeness (QED) is 0.489. The number of rotatable bonds is 1. The van der Waals surface area contributed by atoms with Gasteiger partial charge in [0.1, 0.15) is 5.60 Å². The van der Waals surface area contributed by atoms with Gasteiger partial charge in [0, 0.05) is 5.41 Å². The van der Waals surface area contributed by atoms with E-state index in [2.05, 4.69) is 12.3 Å². The molecule has 0 aromatic heterocycles. The lowest BCUT2D eigenvalue weighted by atomic mass is 9.59. The molecular weight excluding hydrogens is 188 g/mol. The molecule has 1 saturated carbocycles. The molecule has 1 aliphatic rings. The van der Waals surface area contributed by atoms with Crippen molar-refractivity contribution in [3.63, 3.8) is 0 Å². The first-order valence-corrected chi connectivity index (χ1v) is 5.31. The van der Waals surface area contributed by atoms with Gasteiger partial charge in [0.2, 0.25) is 0 Å². The summed E-state index contributed by atoms with van der Waals surface area (Å²) in [5.41, 5.74) is 3.48. The van der Waals surface area contributed by atoms with E-state index in [9.17, 15) is 4.79 Å². The number of carbonyl (C=O) groups excluding carboxylic acids is 1. The zero-order chi connectivity index (χ0) is 11.9. The normalized spacial score (nSPS) is 24.1. The van der Waals surface area contributed by atoms with Crippen LogP contribution >= 0.6 is 0 Å². The summed E-state index contributed by atoms with van der Waals surface area (Å²) >= 11 is 0. The Morgan fingerprint density at radius 2 is 2.07 bits per heavy atom. The van der Waals surface area contributed by atoms with E-state index in [-0.39, 0.29) is 17.3 Å². The predicted octanol–water partition coefficient (Wildman–Crippen LogP) is 3.09. The van der Waals surface area contributed by atoms with E-state index in [1.54, 1.807) is 0 Å². The minimum atomic E-state index is -0.402. The average molecular weight is 208 g/mol. The summed E-state index contributed by atoms with van der Waals surface area (Å²) < 4.78 is 5.37. The molecule has 1 unspecified atom stereocenters. The third-order valence-corrected chi connectivity index (χ3v) is 2.96. The van der Waals surface area contributed by atoms with Crippen molar-refractivity contribution < 1.29 is 9.53 Å². The first kappa shape index (κ1) is 12.1. The second kappa shape index (κ2) is 3.53. The van der Waals surface area contributed by atoms with Crippen molar-refractivity contribution in [2.45, 2.75) is 46.6 Å². The van der Waals surface area contributed by atoms with Crippen molar-refractivity contribution in [2.24, 2.45) is 11.3 Å². The van der Waals surface area contributed by atoms with Gasteiger partial charge in [0.05, 0.1) is 5.92 Å². The fourth-order valence-electron chi connectivity index (χ4n) is 1.85. The third kappa shape index (κ3) is 2.32. The first-order valence-electron chi connectivity index (χ1n) is 5.31. The van der Waals surface area contributed by atoms with Gasteiger partial charge >= 0.3 is 5.97 Å². The molecule has 84 valence electrons. The molecule has 2 heteroatoms. The van der Waals surface area contributed by atoms with Gasteiger partial charge in [-0.05, 0) is 32.8 Å². The van der Waals surface area contributed by atoms with Crippen LogP contribution in [0.3, 0.4) is 0 Å². The highest BCUT2D eigenvalue weighted by Gasteiger charge is 2.49. The van der Waals surface area contributed by atoms with E-state index in [1.807, 2.05) is 34.6 Å². The number of allylic oxidation sites excluding steroid dienone is 1. The Balaban J connectivity index is 2.70. The number of carbonyl (C=O) groups is 1. The maximum Gasteiger partial charge on any atom is 0.310 e. The van der Waals surface area contributed by atoms with E-state index in [0.29, 0.717) is 0 Å². The number of ether oxygens (including phenoxy) is 1. The highest BCUT2D eigenvalue weighted by Crippen LogP contribution is 2.51. The lowest BCUT2D eigenvalue weighted by Crippen LogP contribution is -2.45. The fourth-order valence-corrected chi connectivity index (χ4v) is 1.85. The number of hydrogen-bond donors (Lipinski definition) is 0. The van der Waals surface area contributed by atoms with Crippen LogP contribution in [-0.4, -0.2) is 11.6 Å². The van der Waals surface area contributed by atoms with Crippen molar-refractivity contribution in [3.8, 4) is 0 Å². The summed E-state index contributed by atoms with van der Waals surface area (Å²) in [6, 6.07) is 0. The zero-order valence-corrected chi connectivity index (χ0v) is 10.3. The molecular formula is C13H20O2. The second-order valence-corrected chi connectivity index (χ2v) is 5.67. The molecule has 0 spiro atoms. The summed E-state index contributed by atoms with van der Waals surface area (Å²) in [5, 5.41) is 0. The Bertz CT molecular complexity index is 325. The van der Waals surface area contributed by atoms with Crippen LogP contribution in [0.15, 0.2) is 17.9 Å². The van der Waals surface area contributed by atoms with Gasteiger partial charge in [-0.2, -0.15) is 0 Å². The van der Waals surface area contributed by atoms with Crippen LogP contribution in [0, 0.1) is 11.3 Å². The van der Waals surface area contributed by atoms with Crippen molar-refractivity contribution in [1.29, 1.82) is 0 Å². The molecule has 0 bridgehead atoms. The Hall–Kier alpha value is -1.01. The molecule has 0 radical (unpaired) electrons. The summed E-state index contributed by atoms with van der Waals surface area (Å²) in [7, 11) is 0. The molecule has 2 nitrogen and oxygen atoms in total. The molecule has 0 aromatic rings. The van der Waals surface area contributed by atoms with E-state index in [0.717, 1.165) is 12.0 Å². The lowest BCUT2D eigenvalue weighted by molar-refractivity contribution is -0.166. The van der Waals surface area contributed by atoms with Gasteiger partial charge in [-0.25, -0.2) is 0 Å². The third-order valence-electron chi connectivity index (χ3n) is 2.96. The Labute approximate surface area is 92.0 Å². The standard InChI is InChI=1S/C13H20O2/c1-7-9-8-10(13(9,5)6)11(14)15-12(2,3)4/h10H,1,8H2,2-6H3. The molecule has 0 aliphatic heterocycles. The molecule has 1 atom stereocenters. The SMILES string of the molecule is C=C=C1CC(C(=O)OC(C)(C)C)C1(C)C. The maximum absolute atomic E-state index is 11.8. The molecule has 0 N–H and O–H groups in total. The predicted molar refractivity (Wildman–Crippen MR) is 60.4 cm³/mol. The summed E-state index contributed by atoms with van der Waals surface area (Å²) in [4.78, 5) is 11.8. The molecule has 1 fully saturated rings. The van der Waals surface area contributed by atoms with E-state index in [1.165, 1.54) is 0 Å². The fraction of sp³-hybridized carbons (Fsp3) is 0.692. The second-order valence-electron chi connectivity index (χ2n) is 5.67. The van der Waals surface area contributed by atoms with Gasteiger partial charge in [0.25, 0.3) is 0 Å². The Morgan fingerprint density at radius 3 is 2.40 bits per heavy atom. The summed E-state index contributed by atoms with van der Waals surface area (Å²) in [5.74, 6) is -0.146. The molecule has 0 aromatic carbocycles. The Morgan fingerprint density at radius 1 is 1.53 bits per heavy atom. The highest BCUT2D eigenvalue weighted by molar-refractivity contribution is 5.77. The van der Waals surface area contributed by atoms with Gasteiger partial charge in [-0.3, -0.25) is 4.79 Å². The topological polar surface area (TPSA) is 26.3 Å². The van der Waals surface area contributed by atoms with Gasteiger partial charge in [-0.1, -0.05) is 20.4 Å². The van der Waals surface area contributed by atoms with Gasteiger partial charge in [-0.15, -0.1) is 5.73 Å². The largest absolute Gasteiger partial charge is 0.460 e. The molecule has 1 rings (SSSR count). The van der Waals surface area contributed by atoms with Crippen LogP contribution in [0.1, 0.15) is 41.0 Å². The van der Waals surface area contributed by atoms with Gasteiger partial charge < -0.3 is 4.74 Å². The van der Waals surface area contributed by atoms with E-state index >= 15 is 0 Å². The molecule has 0 amide bonds. The minimum absolute atomic E-state index is 0.0408.